The van der Waals surface area contributed by atoms with Crippen molar-refractivity contribution < 1.29 is 4.74 Å². The largest absolute Gasteiger partial charge is 0.493 e. The van der Waals surface area contributed by atoms with E-state index >= 15 is 0 Å². The Labute approximate surface area is 121 Å². The summed E-state index contributed by atoms with van der Waals surface area (Å²) in [4.78, 5) is 0. The number of hydrogen-bond acceptors (Lipinski definition) is 3. The first-order valence-corrected chi connectivity index (χ1v) is 8.43. The molecule has 3 heteroatoms. The molecule has 2 nitrogen and oxygen atoms in total. The second kappa shape index (κ2) is 7.20. The third kappa shape index (κ3) is 3.90. The third-order valence-corrected chi connectivity index (χ3v) is 4.78. The lowest BCUT2D eigenvalue weighted by molar-refractivity contribution is 0.350. The van der Waals surface area contributed by atoms with Crippen molar-refractivity contribution in [2.75, 3.05) is 24.7 Å². The van der Waals surface area contributed by atoms with E-state index < -0.39 is 0 Å². The molecule has 1 atom stereocenters. The van der Waals surface area contributed by atoms with Crippen LogP contribution in [0.25, 0.3) is 0 Å². The van der Waals surface area contributed by atoms with Crippen LogP contribution in [0.15, 0.2) is 18.2 Å². The molecule has 1 aliphatic rings. The van der Waals surface area contributed by atoms with Gasteiger partial charge in [-0.25, -0.2) is 0 Å². The average Bonchev–Trinajstić information content (AvgIpc) is 2.85. The van der Waals surface area contributed by atoms with Gasteiger partial charge in [-0.15, -0.1) is 0 Å². The zero-order valence-corrected chi connectivity index (χ0v) is 13.1. The Balaban J connectivity index is 2.08. The SMILES string of the molecule is CCNC(CSCC(C)C)c1cccc2c1OCC2. The van der Waals surface area contributed by atoms with Crippen molar-refractivity contribution in [2.24, 2.45) is 5.92 Å². The summed E-state index contributed by atoms with van der Waals surface area (Å²) < 4.78 is 5.84. The number of benzene rings is 1. The summed E-state index contributed by atoms with van der Waals surface area (Å²) in [6, 6.07) is 6.98. The van der Waals surface area contributed by atoms with Crippen LogP contribution >= 0.6 is 11.8 Å². The Morgan fingerprint density at radius 3 is 2.89 bits per heavy atom. The van der Waals surface area contributed by atoms with Crippen molar-refractivity contribution in [2.45, 2.75) is 33.2 Å². The minimum absolute atomic E-state index is 0.404. The maximum Gasteiger partial charge on any atom is 0.127 e. The Hall–Kier alpha value is -0.670. The Bertz CT molecular complexity index is 406. The molecule has 0 saturated heterocycles. The number of para-hydroxylation sites is 1. The predicted molar refractivity (Wildman–Crippen MR) is 84.2 cm³/mol. The molecule has 1 aromatic rings. The van der Waals surface area contributed by atoms with Gasteiger partial charge in [0, 0.05) is 23.8 Å². The van der Waals surface area contributed by atoms with Crippen molar-refractivity contribution in [1.82, 2.24) is 5.32 Å². The average molecular weight is 279 g/mol. The van der Waals surface area contributed by atoms with E-state index in [0.717, 1.165) is 37.0 Å². The minimum Gasteiger partial charge on any atom is -0.493 e. The van der Waals surface area contributed by atoms with E-state index in [1.54, 1.807) is 0 Å². The molecule has 0 aromatic heterocycles. The quantitative estimate of drug-likeness (QED) is 0.823. The molecule has 0 aliphatic carbocycles. The monoisotopic (exact) mass is 279 g/mol. The second-order valence-corrected chi connectivity index (χ2v) is 6.55. The van der Waals surface area contributed by atoms with E-state index in [9.17, 15) is 0 Å². The second-order valence-electron chi connectivity index (χ2n) is 5.48. The third-order valence-electron chi connectivity index (χ3n) is 3.31. The fourth-order valence-corrected chi connectivity index (χ4v) is 3.58. The first-order chi connectivity index (χ1) is 9.22. The van der Waals surface area contributed by atoms with E-state index in [0.29, 0.717) is 6.04 Å². The number of thioether (sulfide) groups is 1. The molecule has 1 heterocycles. The minimum atomic E-state index is 0.404. The summed E-state index contributed by atoms with van der Waals surface area (Å²) in [5, 5.41) is 3.60. The zero-order valence-electron chi connectivity index (χ0n) is 12.2. The molecular weight excluding hydrogens is 254 g/mol. The van der Waals surface area contributed by atoms with Crippen molar-refractivity contribution >= 4 is 11.8 Å². The highest BCUT2D eigenvalue weighted by Gasteiger charge is 2.21. The summed E-state index contributed by atoms with van der Waals surface area (Å²) in [5.74, 6) is 4.23. The van der Waals surface area contributed by atoms with Gasteiger partial charge < -0.3 is 10.1 Å². The summed E-state index contributed by atoms with van der Waals surface area (Å²) in [7, 11) is 0. The Kier molecular flexibility index (Phi) is 5.59. The number of nitrogens with one attached hydrogen (secondary N) is 1. The van der Waals surface area contributed by atoms with Crippen LogP contribution in [0.1, 0.15) is 37.9 Å². The van der Waals surface area contributed by atoms with Crippen molar-refractivity contribution in [3.05, 3.63) is 29.3 Å². The highest BCUT2D eigenvalue weighted by Crippen LogP contribution is 2.34. The Morgan fingerprint density at radius 2 is 2.16 bits per heavy atom. The van der Waals surface area contributed by atoms with E-state index in [1.807, 2.05) is 11.8 Å². The fraction of sp³-hybridized carbons (Fsp3) is 0.625. The molecule has 0 amide bonds. The van der Waals surface area contributed by atoms with Crippen LogP contribution in [0, 0.1) is 5.92 Å². The summed E-state index contributed by atoms with van der Waals surface area (Å²) in [6.07, 6.45) is 1.06. The van der Waals surface area contributed by atoms with Crippen molar-refractivity contribution in [3.8, 4) is 5.75 Å². The van der Waals surface area contributed by atoms with Crippen molar-refractivity contribution in [1.29, 1.82) is 0 Å². The van der Waals surface area contributed by atoms with Crippen LogP contribution in [0.2, 0.25) is 0 Å². The molecule has 2 rings (SSSR count). The van der Waals surface area contributed by atoms with Crippen molar-refractivity contribution in [3.63, 3.8) is 0 Å². The molecule has 1 aromatic carbocycles. The molecular formula is C16H25NOS. The lowest BCUT2D eigenvalue weighted by atomic mass is 10.0. The van der Waals surface area contributed by atoms with Gasteiger partial charge in [0.1, 0.15) is 5.75 Å². The number of fused-ring (bicyclic) bond motifs is 1. The van der Waals surface area contributed by atoms with E-state index in [4.69, 9.17) is 4.74 Å². The predicted octanol–water partition coefficient (Wildman–Crippen LogP) is 3.66. The summed E-state index contributed by atoms with van der Waals surface area (Å²) in [5.41, 5.74) is 2.71. The first-order valence-electron chi connectivity index (χ1n) is 7.28. The van der Waals surface area contributed by atoms with Gasteiger partial charge in [-0.3, -0.25) is 0 Å². The molecule has 1 N–H and O–H groups in total. The standard InChI is InChI=1S/C16H25NOS/c1-4-17-15(11-19-10-12(2)3)14-7-5-6-13-8-9-18-16(13)14/h5-7,12,15,17H,4,8-11H2,1-3H3. The van der Waals surface area contributed by atoms with Gasteiger partial charge in [-0.1, -0.05) is 39.0 Å². The van der Waals surface area contributed by atoms with E-state index in [1.165, 1.54) is 16.9 Å². The van der Waals surface area contributed by atoms with Crippen LogP contribution in [0.4, 0.5) is 0 Å². The van der Waals surface area contributed by atoms with Gasteiger partial charge in [0.2, 0.25) is 0 Å². The number of ether oxygens (including phenoxy) is 1. The van der Waals surface area contributed by atoms with Crippen LogP contribution < -0.4 is 10.1 Å². The molecule has 106 valence electrons. The maximum absolute atomic E-state index is 5.84. The van der Waals surface area contributed by atoms with E-state index in [-0.39, 0.29) is 0 Å². The molecule has 0 spiro atoms. The smallest absolute Gasteiger partial charge is 0.127 e. The number of rotatable bonds is 7. The fourth-order valence-electron chi connectivity index (χ4n) is 2.44. The topological polar surface area (TPSA) is 21.3 Å². The lowest BCUT2D eigenvalue weighted by Crippen LogP contribution is -2.23. The highest BCUT2D eigenvalue weighted by molar-refractivity contribution is 7.99. The zero-order chi connectivity index (χ0) is 13.7. The van der Waals surface area contributed by atoms with Crippen LogP contribution in [0.3, 0.4) is 0 Å². The van der Waals surface area contributed by atoms with Gasteiger partial charge >= 0.3 is 0 Å². The lowest BCUT2D eigenvalue weighted by Gasteiger charge is -2.20. The maximum atomic E-state index is 5.84. The first kappa shape index (κ1) is 14.7. The summed E-state index contributed by atoms with van der Waals surface area (Å²) in [6.45, 7) is 8.56. The van der Waals surface area contributed by atoms with Gasteiger partial charge in [-0.05, 0) is 23.8 Å². The van der Waals surface area contributed by atoms with E-state index in [2.05, 4.69) is 44.3 Å². The summed E-state index contributed by atoms with van der Waals surface area (Å²) >= 11 is 2.03. The normalized spacial score (nSPS) is 15.4. The molecule has 0 radical (unpaired) electrons. The molecule has 1 unspecified atom stereocenters. The molecule has 19 heavy (non-hydrogen) atoms. The molecule has 0 bridgehead atoms. The highest BCUT2D eigenvalue weighted by atomic mass is 32.2. The van der Waals surface area contributed by atoms with Gasteiger partial charge in [0.25, 0.3) is 0 Å². The molecule has 1 aliphatic heterocycles. The van der Waals surface area contributed by atoms with Crippen LogP contribution in [0.5, 0.6) is 5.75 Å². The molecule has 0 fully saturated rings. The molecule has 0 saturated carbocycles. The van der Waals surface area contributed by atoms with Crippen LogP contribution in [-0.2, 0) is 6.42 Å². The Morgan fingerprint density at radius 1 is 1.32 bits per heavy atom. The van der Waals surface area contributed by atoms with Gasteiger partial charge in [0.05, 0.1) is 6.61 Å². The van der Waals surface area contributed by atoms with Gasteiger partial charge in [-0.2, -0.15) is 11.8 Å². The van der Waals surface area contributed by atoms with Crippen LogP contribution in [-0.4, -0.2) is 24.7 Å². The van der Waals surface area contributed by atoms with Gasteiger partial charge in [0.15, 0.2) is 0 Å². The number of hydrogen-bond donors (Lipinski definition) is 1.